The van der Waals surface area contributed by atoms with Gasteiger partial charge in [-0.25, -0.2) is 0 Å². The molecule has 116 valence electrons. The number of halogens is 3. The van der Waals surface area contributed by atoms with E-state index < -0.39 is 35.7 Å². The highest BCUT2D eigenvalue weighted by molar-refractivity contribution is 5.79. The summed E-state index contributed by atoms with van der Waals surface area (Å²) in [7, 11) is 0. The highest BCUT2D eigenvalue weighted by Crippen LogP contribution is 2.27. The molecule has 1 aliphatic heterocycles. The lowest BCUT2D eigenvalue weighted by atomic mass is 10.0. The maximum absolute atomic E-state index is 12.4. The van der Waals surface area contributed by atoms with Crippen LogP contribution in [0, 0.1) is 5.92 Å². The number of carbonyl (C=O) groups is 2. The third kappa shape index (κ3) is 3.17. The van der Waals surface area contributed by atoms with Gasteiger partial charge in [-0.1, -0.05) is 0 Å². The van der Waals surface area contributed by atoms with E-state index in [0.717, 1.165) is 16.9 Å². The minimum atomic E-state index is -4.55. The summed E-state index contributed by atoms with van der Waals surface area (Å²) in [6.07, 6.45) is -3.13. The van der Waals surface area contributed by atoms with Gasteiger partial charge in [0, 0.05) is 18.8 Å². The number of carbonyl (C=O) groups excluding carboxylic acids is 1. The predicted molar refractivity (Wildman–Crippen MR) is 64.1 cm³/mol. The minimum absolute atomic E-state index is 0.282. The van der Waals surface area contributed by atoms with Crippen molar-refractivity contribution in [3.8, 4) is 0 Å². The van der Waals surface area contributed by atoms with Crippen LogP contribution in [0.3, 0.4) is 0 Å². The van der Waals surface area contributed by atoms with E-state index in [1.165, 1.54) is 4.90 Å². The monoisotopic (exact) mass is 305 g/mol. The number of likely N-dealkylation sites (tertiary alicyclic amines) is 1. The van der Waals surface area contributed by atoms with E-state index in [-0.39, 0.29) is 13.1 Å². The number of aliphatic carboxylic acids is 1. The number of amides is 1. The lowest BCUT2D eigenvalue weighted by Gasteiger charge is -2.23. The van der Waals surface area contributed by atoms with Gasteiger partial charge in [0.2, 0.25) is 5.91 Å². The molecular formula is C12H14F3N3O3. The lowest BCUT2D eigenvalue weighted by molar-refractivity contribution is -0.144. The Balaban J connectivity index is 2.02. The number of carboxylic acids is 1. The molecule has 2 heterocycles. The van der Waals surface area contributed by atoms with E-state index in [1.807, 2.05) is 0 Å². The highest BCUT2D eigenvalue weighted by Gasteiger charge is 2.38. The third-order valence-electron chi connectivity index (χ3n) is 3.62. The molecule has 1 aromatic rings. The zero-order chi connectivity index (χ0) is 15.8. The van der Waals surface area contributed by atoms with Crippen LogP contribution in [0.5, 0.6) is 0 Å². The first-order valence-electron chi connectivity index (χ1n) is 6.33. The minimum Gasteiger partial charge on any atom is -0.481 e. The van der Waals surface area contributed by atoms with Crippen LogP contribution in [0.25, 0.3) is 0 Å². The van der Waals surface area contributed by atoms with Crippen LogP contribution in [0.4, 0.5) is 13.2 Å². The molecule has 2 atom stereocenters. The largest absolute Gasteiger partial charge is 0.481 e. The predicted octanol–water partition coefficient (Wildman–Crippen LogP) is 1.22. The third-order valence-corrected chi connectivity index (χ3v) is 3.62. The Labute approximate surface area is 118 Å². The molecule has 1 fully saturated rings. The van der Waals surface area contributed by atoms with Gasteiger partial charge in [-0.2, -0.15) is 18.3 Å². The summed E-state index contributed by atoms with van der Waals surface area (Å²) >= 11 is 0. The maximum atomic E-state index is 12.4. The van der Waals surface area contributed by atoms with Gasteiger partial charge in [-0.15, -0.1) is 0 Å². The average Bonchev–Trinajstić information content (AvgIpc) is 2.94. The topological polar surface area (TPSA) is 75.4 Å². The van der Waals surface area contributed by atoms with E-state index >= 15 is 0 Å². The van der Waals surface area contributed by atoms with Crippen LogP contribution in [-0.2, 0) is 22.3 Å². The van der Waals surface area contributed by atoms with Gasteiger partial charge in [0.15, 0.2) is 5.69 Å². The normalized spacial score (nSPS) is 22.6. The second-order valence-corrected chi connectivity index (χ2v) is 4.96. The van der Waals surface area contributed by atoms with Gasteiger partial charge >= 0.3 is 12.1 Å². The van der Waals surface area contributed by atoms with Crippen molar-refractivity contribution < 1.29 is 27.9 Å². The van der Waals surface area contributed by atoms with Gasteiger partial charge in [0.05, 0.1) is 5.92 Å². The van der Waals surface area contributed by atoms with Crippen LogP contribution in [0.2, 0.25) is 0 Å². The summed E-state index contributed by atoms with van der Waals surface area (Å²) in [6.45, 7) is 1.56. The van der Waals surface area contributed by atoms with Gasteiger partial charge in [-0.3, -0.25) is 14.3 Å². The Kier molecular flexibility index (Phi) is 3.93. The van der Waals surface area contributed by atoms with Crippen molar-refractivity contribution in [3.63, 3.8) is 0 Å². The Morgan fingerprint density at radius 2 is 2.14 bits per heavy atom. The van der Waals surface area contributed by atoms with Crippen molar-refractivity contribution in [2.45, 2.75) is 32.1 Å². The Hall–Kier alpha value is -2.06. The van der Waals surface area contributed by atoms with Crippen molar-refractivity contribution in [1.82, 2.24) is 14.7 Å². The molecule has 0 aromatic carbocycles. The number of carboxylic acid groups (broad SMARTS) is 1. The molecular weight excluding hydrogens is 291 g/mol. The fourth-order valence-corrected chi connectivity index (χ4v) is 2.45. The summed E-state index contributed by atoms with van der Waals surface area (Å²) in [5, 5.41) is 12.3. The first kappa shape index (κ1) is 15.3. The van der Waals surface area contributed by atoms with Gasteiger partial charge in [0.25, 0.3) is 0 Å². The molecule has 21 heavy (non-hydrogen) atoms. The van der Waals surface area contributed by atoms with E-state index in [2.05, 4.69) is 5.10 Å². The fraction of sp³-hybridized carbons (Fsp3) is 0.583. The van der Waals surface area contributed by atoms with Gasteiger partial charge in [-0.05, 0) is 19.4 Å². The van der Waals surface area contributed by atoms with Crippen LogP contribution >= 0.6 is 0 Å². The zero-order valence-corrected chi connectivity index (χ0v) is 11.2. The first-order chi connectivity index (χ1) is 9.70. The fourth-order valence-electron chi connectivity index (χ4n) is 2.45. The SMILES string of the molecule is CC1C(C(=O)O)CCN1C(=O)Cn1ccc(C(F)(F)F)n1. The van der Waals surface area contributed by atoms with Crippen molar-refractivity contribution >= 4 is 11.9 Å². The molecule has 2 rings (SSSR count). The van der Waals surface area contributed by atoms with Crippen molar-refractivity contribution in [2.75, 3.05) is 6.54 Å². The number of aromatic nitrogens is 2. The molecule has 1 aliphatic rings. The summed E-state index contributed by atoms with van der Waals surface area (Å²) < 4.78 is 38.1. The number of hydrogen-bond donors (Lipinski definition) is 1. The second kappa shape index (κ2) is 5.38. The molecule has 2 unspecified atom stereocenters. The van der Waals surface area contributed by atoms with Crippen LogP contribution in [-0.4, -0.2) is 44.3 Å². The summed E-state index contributed by atoms with van der Waals surface area (Å²) in [6, 6.07) is 0.313. The Morgan fingerprint density at radius 1 is 1.48 bits per heavy atom. The number of nitrogens with zero attached hydrogens (tertiary/aromatic N) is 3. The Morgan fingerprint density at radius 3 is 2.62 bits per heavy atom. The molecule has 9 heteroatoms. The molecule has 1 saturated heterocycles. The Bertz CT molecular complexity index is 555. The lowest BCUT2D eigenvalue weighted by Crippen LogP contribution is -2.39. The molecule has 6 nitrogen and oxygen atoms in total. The molecule has 1 amide bonds. The van der Waals surface area contributed by atoms with Crippen molar-refractivity contribution in [2.24, 2.45) is 5.92 Å². The van der Waals surface area contributed by atoms with Crippen molar-refractivity contribution in [1.29, 1.82) is 0 Å². The van der Waals surface area contributed by atoms with E-state index in [9.17, 15) is 22.8 Å². The maximum Gasteiger partial charge on any atom is 0.435 e. The van der Waals surface area contributed by atoms with Gasteiger partial charge in [0.1, 0.15) is 6.54 Å². The summed E-state index contributed by atoms with van der Waals surface area (Å²) in [5.41, 5.74) is -1.06. The number of hydrogen-bond acceptors (Lipinski definition) is 3. The standard InChI is InChI=1S/C12H14F3N3O3/c1-7-8(11(20)21)2-5-18(7)10(19)6-17-4-3-9(16-17)12(13,14)15/h3-4,7-8H,2,5-6H2,1H3,(H,20,21). The molecule has 0 spiro atoms. The van der Waals surface area contributed by atoms with Gasteiger partial charge < -0.3 is 10.0 Å². The van der Waals surface area contributed by atoms with Crippen LogP contribution in [0.15, 0.2) is 12.3 Å². The molecule has 0 aliphatic carbocycles. The summed E-state index contributed by atoms with van der Waals surface area (Å²) in [4.78, 5) is 24.4. The zero-order valence-electron chi connectivity index (χ0n) is 11.2. The molecule has 0 radical (unpaired) electrons. The highest BCUT2D eigenvalue weighted by atomic mass is 19.4. The van der Waals surface area contributed by atoms with Crippen LogP contribution < -0.4 is 0 Å². The number of alkyl halides is 3. The van der Waals surface area contributed by atoms with Crippen molar-refractivity contribution in [3.05, 3.63) is 18.0 Å². The molecule has 1 N–H and O–H groups in total. The first-order valence-corrected chi connectivity index (χ1v) is 6.33. The summed E-state index contributed by atoms with van der Waals surface area (Å²) in [5.74, 6) is -2.06. The average molecular weight is 305 g/mol. The smallest absolute Gasteiger partial charge is 0.435 e. The number of rotatable bonds is 3. The molecule has 1 aromatic heterocycles. The van der Waals surface area contributed by atoms with Crippen LogP contribution in [0.1, 0.15) is 19.0 Å². The molecule has 0 saturated carbocycles. The van der Waals surface area contributed by atoms with E-state index in [4.69, 9.17) is 5.11 Å². The van der Waals surface area contributed by atoms with E-state index in [1.54, 1.807) is 6.92 Å². The molecule has 0 bridgehead atoms. The quantitative estimate of drug-likeness (QED) is 0.911. The second-order valence-electron chi connectivity index (χ2n) is 4.96. The van der Waals surface area contributed by atoms with E-state index in [0.29, 0.717) is 6.42 Å².